The summed E-state index contributed by atoms with van der Waals surface area (Å²) in [5, 5.41) is 3.53. The van der Waals surface area contributed by atoms with Crippen LogP contribution >= 0.6 is 22.9 Å². The summed E-state index contributed by atoms with van der Waals surface area (Å²) in [5.41, 5.74) is 2.64. The second-order valence-corrected chi connectivity index (χ2v) is 6.15. The summed E-state index contributed by atoms with van der Waals surface area (Å²) in [6.45, 7) is 2.29. The van der Waals surface area contributed by atoms with Crippen molar-refractivity contribution in [2.75, 3.05) is 6.61 Å². The van der Waals surface area contributed by atoms with E-state index in [-0.39, 0.29) is 6.04 Å². The minimum Gasteiger partial charge on any atom is -0.375 e. The fraction of sp³-hybridized carbons (Fsp3) is 0.286. The van der Waals surface area contributed by atoms with Gasteiger partial charge in [-0.25, -0.2) is 0 Å². The van der Waals surface area contributed by atoms with Gasteiger partial charge in [-0.3, -0.25) is 0 Å². The maximum absolute atomic E-state index is 5.93. The first-order chi connectivity index (χ1) is 8.83. The Kier molecular flexibility index (Phi) is 3.66. The van der Waals surface area contributed by atoms with E-state index in [1.807, 2.05) is 6.07 Å². The summed E-state index contributed by atoms with van der Waals surface area (Å²) in [5.74, 6) is 0. The minimum absolute atomic E-state index is 0.274. The zero-order valence-electron chi connectivity index (χ0n) is 9.86. The van der Waals surface area contributed by atoms with Gasteiger partial charge in [-0.1, -0.05) is 35.9 Å². The number of nitrogens with one attached hydrogen (secondary N) is 1. The molecule has 0 bridgehead atoms. The van der Waals surface area contributed by atoms with Gasteiger partial charge < -0.3 is 10.1 Å². The molecule has 0 saturated carbocycles. The van der Waals surface area contributed by atoms with Crippen LogP contribution in [-0.2, 0) is 17.9 Å². The second-order valence-electron chi connectivity index (χ2n) is 4.35. The summed E-state index contributed by atoms with van der Waals surface area (Å²) < 4.78 is 6.46. The molecule has 1 aromatic carbocycles. The van der Waals surface area contributed by atoms with E-state index in [0.717, 1.165) is 24.1 Å². The number of hydrogen-bond acceptors (Lipinski definition) is 3. The molecule has 0 saturated heterocycles. The van der Waals surface area contributed by atoms with Crippen molar-refractivity contribution in [3.05, 3.63) is 56.7 Å². The lowest BCUT2D eigenvalue weighted by Gasteiger charge is -2.26. The van der Waals surface area contributed by atoms with Crippen LogP contribution in [0.5, 0.6) is 0 Å². The number of ether oxygens (including phenoxy) is 1. The summed E-state index contributed by atoms with van der Waals surface area (Å²) >= 11 is 7.55. The second kappa shape index (κ2) is 5.41. The van der Waals surface area contributed by atoms with E-state index in [9.17, 15) is 0 Å². The third-order valence-electron chi connectivity index (χ3n) is 3.12. The molecule has 2 heterocycles. The molecule has 18 heavy (non-hydrogen) atoms. The first-order valence-electron chi connectivity index (χ1n) is 5.96. The topological polar surface area (TPSA) is 21.3 Å². The van der Waals surface area contributed by atoms with Gasteiger partial charge in [0.25, 0.3) is 0 Å². The lowest BCUT2D eigenvalue weighted by molar-refractivity contribution is 0.0817. The van der Waals surface area contributed by atoms with Gasteiger partial charge in [0, 0.05) is 11.4 Å². The van der Waals surface area contributed by atoms with Crippen LogP contribution in [0.3, 0.4) is 0 Å². The Labute approximate surface area is 116 Å². The van der Waals surface area contributed by atoms with E-state index in [1.54, 1.807) is 11.3 Å². The summed E-state index contributed by atoms with van der Waals surface area (Å²) in [7, 11) is 0. The fourth-order valence-electron chi connectivity index (χ4n) is 2.22. The molecule has 0 fully saturated rings. The largest absolute Gasteiger partial charge is 0.375 e. The highest BCUT2D eigenvalue weighted by molar-refractivity contribution is 7.16. The molecule has 1 atom stereocenters. The highest BCUT2D eigenvalue weighted by Gasteiger charge is 2.19. The molecule has 1 N–H and O–H groups in total. The minimum atomic E-state index is 0.274. The molecule has 2 aromatic rings. The number of thiophene rings is 1. The van der Waals surface area contributed by atoms with Gasteiger partial charge in [-0.05, 0) is 23.3 Å². The van der Waals surface area contributed by atoms with Crippen LogP contribution in [0.15, 0.2) is 36.4 Å². The van der Waals surface area contributed by atoms with Crippen LogP contribution in [0, 0.1) is 0 Å². The van der Waals surface area contributed by atoms with Crippen LogP contribution in [0.1, 0.15) is 22.0 Å². The maximum Gasteiger partial charge on any atom is 0.0931 e. The van der Waals surface area contributed by atoms with E-state index in [1.165, 1.54) is 16.0 Å². The molecular formula is C14H14ClNOS. The van der Waals surface area contributed by atoms with E-state index in [0.29, 0.717) is 0 Å². The number of benzene rings is 1. The molecule has 1 aliphatic heterocycles. The van der Waals surface area contributed by atoms with Crippen LogP contribution in [0.4, 0.5) is 0 Å². The average Bonchev–Trinajstić information content (AvgIpc) is 2.82. The Hall–Kier alpha value is -0.870. The first kappa shape index (κ1) is 12.2. The average molecular weight is 280 g/mol. The van der Waals surface area contributed by atoms with E-state index in [2.05, 4.69) is 35.6 Å². The molecule has 3 rings (SSSR count). The van der Waals surface area contributed by atoms with Crippen LogP contribution in [0.25, 0.3) is 0 Å². The lowest BCUT2D eigenvalue weighted by Crippen LogP contribution is -2.29. The Bertz CT molecular complexity index is 540. The van der Waals surface area contributed by atoms with Gasteiger partial charge in [0.15, 0.2) is 0 Å². The number of fused-ring (bicyclic) bond motifs is 1. The standard InChI is InChI=1S/C14H14ClNOS/c15-14-6-5-11(18-14)7-16-13-9-17-8-10-3-1-2-4-12(10)13/h1-6,13,16H,7-9H2. The molecule has 2 nitrogen and oxygen atoms in total. The van der Waals surface area contributed by atoms with Crippen molar-refractivity contribution >= 4 is 22.9 Å². The third-order valence-corrected chi connectivity index (χ3v) is 4.36. The molecule has 94 valence electrons. The van der Waals surface area contributed by atoms with Crippen LogP contribution < -0.4 is 5.32 Å². The Morgan fingerprint density at radius 3 is 3.00 bits per heavy atom. The highest BCUT2D eigenvalue weighted by atomic mass is 35.5. The molecule has 4 heteroatoms. The van der Waals surface area contributed by atoms with Gasteiger partial charge in [0.05, 0.1) is 23.6 Å². The van der Waals surface area contributed by atoms with E-state index >= 15 is 0 Å². The fourth-order valence-corrected chi connectivity index (χ4v) is 3.26. The maximum atomic E-state index is 5.93. The zero-order chi connectivity index (χ0) is 12.4. The van der Waals surface area contributed by atoms with Crippen molar-refractivity contribution in [2.24, 2.45) is 0 Å². The van der Waals surface area contributed by atoms with Crippen molar-refractivity contribution in [3.8, 4) is 0 Å². The quantitative estimate of drug-likeness (QED) is 0.924. The molecule has 0 radical (unpaired) electrons. The zero-order valence-corrected chi connectivity index (χ0v) is 11.4. The Balaban J connectivity index is 1.71. The third kappa shape index (κ3) is 2.59. The highest BCUT2D eigenvalue weighted by Crippen LogP contribution is 2.26. The van der Waals surface area contributed by atoms with Crippen molar-refractivity contribution in [1.29, 1.82) is 0 Å². The van der Waals surface area contributed by atoms with E-state index in [4.69, 9.17) is 16.3 Å². The van der Waals surface area contributed by atoms with Gasteiger partial charge in [0.1, 0.15) is 0 Å². The number of rotatable bonds is 3. The molecule has 0 aliphatic carbocycles. The van der Waals surface area contributed by atoms with Gasteiger partial charge in [0.2, 0.25) is 0 Å². The summed E-state index contributed by atoms with van der Waals surface area (Å²) in [6.07, 6.45) is 0. The van der Waals surface area contributed by atoms with Crippen molar-refractivity contribution in [2.45, 2.75) is 19.2 Å². The van der Waals surface area contributed by atoms with Gasteiger partial charge in [-0.15, -0.1) is 11.3 Å². The van der Waals surface area contributed by atoms with Gasteiger partial charge in [-0.2, -0.15) is 0 Å². The monoisotopic (exact) mass is 279 g/mol. The van der Waals surface area contributed by atoms with Crippen molar-refractivity contribution in [1.82, 2.24) is 5.32 Å². The smallest absolute Gasteiger partial charge is 0.0931 e. The Morgan fingerprint density at radius 2 is 2.17 bits per heavy atom. The predicted molar refractivity (Wildman–Crippen MR) is 75.0 cm³/mol. The van der Waals surface area contributed by atoms with Crippen molar-refractivity contribution in [3.63, 3.8) is 0 Å². The van der Waals surface area contributed by atoms with Gasteiger partial charge >= 0.3 is 0 Å². The molecular weight excluding hydrogens is 266 g/mol. The van der Waals surface area contributed by atoms with Crippen LogP contribution in [-0.4, -0.2) is 6.61 Å². The molecule has 0 amide bonds. The normalized spacial score (nSPS) is 18.6. The molecule has 1 aliphatic rings. The summed E-state index contributed by atoms with van der Waals surface area (Å²) in [4.78, 5) is 1.25. The Morgan fingerprint density at radius 1 is 1.28 bits per heavy atom. The van der Waals surface area contributed by atoms with Crippen LogP contribution in [0.2, 0.25) is 4.34 Å². The summed E-state index contributed by atoms with van der Waals surface area (Å²) in [6, 6.07) is 12.7. The van der Waals surface area contributed by atoms with E-state index < -0.39 is 0 Å². The van der Waals surface area contributed by atoms with Crippen molar-refractivity contribution < 1.29 is 4.74 Å². The predicted octanol–water partition coefficient (Wildman–Crippen LogP) is 3.76. The number of halogens is 1. The first-order valence-corrected chi connectivity index (χ1v) is 7.15. The molecule has 1 aromatic heterocycles. The molecule has 1 unspecified atom stereocenters. The number of hydrogen-bond donors (Lipinski definition) is 1. The molecule has 0 spiro atoms. The SMILES string of the molecule is Clc1ccc(CNC2COCc3ccccc32)s1. The lowest BCUT2D eigenvalue weighted by atomic mass is 9.99.